The Bertz CT molecular complexity index is 1610. The fourth-order valence-electron chi connectivity index (χ4n) is 4.59. The lowest BCUT2D eigenvalue weighted by Gasteiger charge is -2.25. The number of nitrogens with two attached hydrogens (primary N) is 1. The zero-order chi connectivity index (χ0) is 28.9. The van der Waals surface area contributed by atoms with Crippen molar-refractivity contribution in [3.63, 3.8) is 0 Å². The first-order chi connectivity index (χ1) is 19.9. The predicted octanol–water partition coefficient (Wildman–Crippen LogP) is 1.37. The second kappa shape index (κ2) is 12.9. The molecule has 0 saturated carbocycles. The van der Waals surface area contributed by atoms with E-state index >= 15 is 0 Å². The summed E-state index contributed by atoms with van der Waals surface area (Å²) in [6, 6.07) is 9.52. The van der Waals surface area contributed by atoms with Crippen LogP contribution in [-0.4, -0.2) is 72.2 Å². The molecule has 1 aliphatic rings. The Morgan fingerprint density at radius 1 is 1.17 bits per heavy atom. The van der Waals surface area contributed by atoms with Crippen LogP contribution >= 0.6 is 11.7 Å². The summed E-state index contributed by atoms with van der Waals surface area (Å²) in [4.78, 5) is 24.1. The van der Waals surface area contributed by atoms with Crippen molar-refractivity contribution in [3.05, 3.63) is 70.3 Å². The number of rotatable bonds is 12. The number of halogens is 1. The van der Waals surface area contributed by atoms with Crippen molar-refractivity contribution >= 4 is 45.6 Å². The molecule has 2 aromatic carbocycles. The van der Waals surface area contributed by atoms with Crippen molar-refractivity contribution in [1.82, 2.24) is 33.5 Å². The molecule has 12 nitrogen and oxygen atoms in total. The summed E-state index contributed by atoms with van der Waals surface area (Å²) in [6.07, 6.45) is 0.397. The minimum absolute atomic E-state index is 0.0727. The summed E-state index contributed by atoms with van der Waals surface area (Å²) in [6.45, 7) is 2.93. The molecule has 3 heterocycles. The SMILES string of the molecule is CNC(=O)c1c2c(nn1CCOCCNCc1ccc3nsnc3c1)CN(S(=O)c1cc(C(N)=O)ccc1F)CC2. The summed E-state index contributed by atoms with van der Waals surface area (Å²) in [5.41, 5.74) is 10.1. The third-order valence-electron chi connectivity index (χ3n) is 6.67. The van der Waals surface area contributed by atoms with Crippen molar-refractivity contribution in [3.8, 4) is 0 Å². The van der Waals surface area contributed by atoms with Gasteiger partial charge in [0.2, 0.25) is 5.91 Å². The van der Waals surface area contributed by atoms with Gasteiger partial charge in [0, 0.05) is 37.8 Å². The number of hydrogen-bond acceptors (Lipinski definition) is 9. The Morgan fingerprint density at radius 2 is 2.00 bits per heavy atom. The molecule has 0 saturated heterocycles. The first-order valence-electron chi connectivity index (χ1n) is 12.9. The van der Waals surface area contributed by atoms with Crippen molar-refractivity contribution in [2.75, 3.05) is 33.4 Å². The Hall–Kier alpha value is -3.63. The molecule has 15 heteroatoms. The van der Waals surface area contributed by atoms with E-state index in [1.165, 1.54) is 23.9 Å². The van der Waals surface area contributed by atoms with E-state index in [4.69, 9.17) is 10.5 Å². The Balaban J connectivity index is 1.17. The topological polar surface area (TPSA) is 157 Å². The Morgan fingerprint density at radius 3 is 2.80 bits per heavy atom. The molecule has 2 amide bonds. The lowest BCUT2D eigenvalue weighted by molar-refractivity contribution is 0.0940. The van der Waals surface area contributed by atoms with E-state index in [0.717, 1.165) is 28.2 Å². The van der Waals surface area contributed by atoms with E-state index in [2.05, 4.69) is 24.5 Å². The zero-order valence-electron chi connectivity index (χ0n) is 22.3. The van der Waals surface area contributed by atoms with Crippen molar-refractivity contribution in [1.29, 1.82) is 0 Å². The smallest absolute Gasteiger partial charge is 0.269 e. The minimum Gasteiger partial charge on any atom is -0.378 e. The number of benzene rings is 2. The van der Waals surface area contributed by atoms with Crippen LogP contribution in [0.3, 0.4) is 0 Å². The molecule has 1 aliphatic heterocycles. The molecule has 216 valence electrons. The zero-order valence-corrected chi connectivity index (χ0v) is 23.9. The summed E-state index contributed by atoms with van der Waals surface area (Å²) in [5.74, 6) is -1.70. The molecule has 0 fully saturated rings. The van der Waals surface area contributed by atoms with Gasteiger partial charge in [-0.1, -0.05) is 6.07 Å². The number of amides is 2. The molecule has 41 heavy (non-hydrogen) atoms. The highest BCUT2D eigenvalue weighted by molar-refractivity contribution is 7.82. The standard InChI is InChI=1S/C26H29FN8O4S2/c1-29-26(37)24-18-6-8-34(41(38)23-13-17(25(28)36)3-4-19(23)27)15-22(18)31-35(24)9-11-39-10-7-30-14-16-2-5-20-21(12-16)33-40-32-20/h2-5,12-13,30H,6-11,14-15H2,1H3,(H2,28,36)(H,29,37). The summed E-state index contributed by atoms with van der Waals surface area (Å²) >= 11 is 1.20. The first kappa shape index (κ1) is 28.9. The highest BCUT2D eigenvalue weighted by Crippen LogP contribution is 2.26. The van der Waals surface area contributed by atoms with Gasteiger partial charge in [-0.2, -0.15) is 13.8 Å². The molecule has 2 aromatic heterocycles. The van der Waals surface area contributed by atoms with Crippen LogP contribution in [0.2, 0.25) is 0 Å². The van der Waals surface area contributed by atoms with Crippen LogP contribution in [0.25, 0.3) is 11.0 Å². The fraction of sp³-hybridized carbons (Fsp3) is 0.346. The molecule has 1 unspecified atom stereocenters. The molecular formula is C26H29FN8O4S2. The highest BCUT2D eigenvalue weighted by Gasteiger charge is 2.31. The van der Waals surface area contributed by atoms with E-state index in [9.17, 15) is 18.2 Å². The number of aromatic nitrogens is 4. The monoisotopic (exact) mass is 600 g/mol. The fourth-order valence-corrected chi connectivity index (χ4v) is 6.35. The summed E-state index contributed by atoms with van der Waals surface area (Å²) in [5, 5.41) is 10.6. The van der Waals surface area contributed by atoms with Gasteiger partial charge in [0.25, 0.3) is 5.91 Å². The van der Waals surface area contributed by atoms with Crippen molar-refractivity contribution < 1.29 is 22.9 Å². The number of nitrogens with one attached hydrogen (secondary N) is 2. The van der Waals surface area contributed by atoms with Crippen molar-refractivity contribution in [2.45, 2.75) is 31.0 Å². The molecule has 0 aliphatic carbocycles. The van der Waals surface area contributed by atoms with E-state index in [1.807, 2.05) is 18.2 Å². The van der Waals surface area contributed by atoms with Gasteiger partial charge in [-0.15, -0.1) is 0 Å². The number of carbonyl (C=O) groups is 2. The number of primary amides is 1. The van der Waals surface area contributed by atoms with Crippen LogP contribution in [0, 0.1) is 5.82 Å². The molecule has 1 atom stereocenters. The van der Waals surface area contributed by atoms with Gasteiger partial charge >= 0.3 is 0 Å². The average molecular weight is 601 g/mol. The Kier molecular flexibility index (Phi) is 9.09. The van der Waals surface area contributed by atoms with E-state index < -0.39 is 22.7 Å². The van der Waals surface area contributed by atoms with Crippen LogP contribution < -0.4 is 16.4 Å². The second-order valence-corrected chi connectivity index (χ2v) is 11.3. The number of nitrogens with zero attached hydrogens (tertiary/aromatic N) is 5. The number of hydrogen-bond donors (Lipinski definition) is 3. The van der Waals surface area contributed by atoms with Gasteiger partial charge in [-0.3, -0.25) is 14.3 Å². The van der Waals surface area contributed by atoms with Crippen LogP contribution in [0.15, 0.2) is 41.3 Å². The molecule has 4 aromatic rings. The predicted molar refractivity (Wildman–Crippen MR) is 151 cm³/mol. The van der Waals surface area contributed by atoms with Crippen LogP contribution in [0.4, 0.5) is 4.39 Å². The van der Waals surface area contributed by atoms with Gasteiger partial charge in [-0.25, -0.2) is 12.9 Å². The van der Waals surface area contributed by atoms with Crippen LogP contribution in [0.5, 0.6) is 0 Å². The van der Waals surface area contributed by atoms with Gasteiger partial charge in [0.05, 0.1) is 48.6 Å². The van der Waals surface area contributed by atoms with Crippen LogP contribution in [0.1, 0.15) is 37.7 Å². The number of fused-ring (bicyclic) bond motifs is 2. The third-order valence-corrected chi connectivity index (χ3v) is 8.70. The Labute approximate surface area is 242 Å². The first-order valence-corrected chi connectivity index (χ1v) is 14.8. The van der Waals surface area contributed by atoms with Gasteiger partial charge < -0.3 is 21.1 Å². The number of ether oxygens (including phenoxy) is 1. The summed E-state index contributed by atoms with van der Waals surface area (Å²) < 4.78 is 45.1. The molecule has 5 rings (SSSR count). The largest absolute Gasteiger partial charge is 0.378 e. The minimum atomic E-state index is -1.89. The number of carbonyl (C=O) groups excluding carboxylic acids is 2. The third kappa shape index (κ3) is 6.49. The van der Waals surface area contributed by atoms with Crippen molar-refractivity contribution in [2.24, 2.45) is 5.73 Å². The maximum Gasteiger partial charge on any atom is 0.269 e. The molecule has 0 radical (unpaired) electrons. The molecule has 0 bridgehead atoms. The van der Waals surface area contributed by atoms with E-state index in [-0.39, 0.29) is 22.9 Å². The highest BCUT2D eigenvalue weighted by atomic mass is 32.2. The van der Waals surface area contributed by atoms with Gasteiger partial charge in [0.15, 0.2) is 0 Å². The quantitative estimate of drug-likeness (QED) is 0.206. The molecule has 4 N–H and O–H groups in total. The summed E-state index contributed by atoms with van der Waals surface area (Å²) in [7, 11) is -0.340. The second-order valence-electron chi connectivity index (χ2n) is 9.32. The lowest BCUT2D eigenvalue weighted by Crippen LogP contribution is -2.33. The lowest BCUT2D eigenvalue weighted by atomic mass is 10.1. The van der Waals surface area contributed by atoms with E-state index in [0.29, 0.717) is 57.2 Å². The van der Waals surface area contributed by atoms with Crippen LogP contribution in [-0.2, 0) is 41.8 Å². The molecule has 0 spiro atoms. The maximum absolute atomic E-state index is 14.5. The van der Waals surface area contributed by atoms with E-state index in [1.54, 1.807) is 16.0 Å². The van der Waals surface area contributed by atoms with Gasteiger partial charge in [0.1, 0.15) is 33.5 Å². The maximum atomic E-state index is 14.5. The average Bonchev–Trinajstić information content (AvgIpc) is 3.59. The molecular weight excluding hydrogens is 571 g/mol. The van der Waals surface area contributed by atoms with Gasteiger partial charge in [-0.05, 0) is 42.3 Å². The normalized spacial score (nSPS) is 14.2.